The summed E-state index contributed by atoms with van der Waals surface area (Å²) < 4.78 is 10.9. The number of halogens is 2. The summed E-state index contributed by atoms with van der Waals surface area (Å²) >= 11 is 12.2. The van der Waals surface area contributed by atoms with Crippen LogP contribution in [-0.4, -0.2) is 19.2 Å². The highest BCUT2D eigenvalue weighted by Crippen LogP contribution is 2.31. The van der Waals surface area contributed by atoms with Crippen molar-refractivity contribution in [2.24, 2.45) is 5.10 Å². The van der Waals surface area contributed by atoms with Gasteiger partial charge < -0.3 is 9.15 Å². The normalized spacial score (nSPS) is 11.0. The van der Waals surface area contributed by atoms with Crippen LogP contribution >= 0.6 is 23.2 Å². The van der Waals surface area contributed by atoms with E-state index in [1.54, 1.807) is 42.5 Å². The van der Waals surface area contributed by atoms with E-state index < -0.39 is 0 Å². The van der Waals surface area contributed by atoms with Crippen LogP contribution in [0.5, 0.6) is 5.75 Å². The first-order valence-corrected chi connectivity index (χ1v) is 8.77. The van der Waals surface area contributed by atoms with Crippen molar-refractivity contribution in [1.82, 2.24) is 5.43 Å². The van der Waals surface area contributed by atoms with Crippen LogP contribution in [0.2, 0.25) is 10.0 Å². The molecule has 1 heterocycles. The number of hydrogen-bond donors (Lipinski definition) is 1. The lowest BCUT2D eigenvalue weighted by atomic mass is 10.1. The minimum Gasteiger partial charge on any atom is -0.496 e. The second-order valence-electron chi connectivity index (χ2n) is 5.73. The van der Waals surface area contributed by atoms with Crippen LogP contribution in [0.3, 0.4) is 0 Å². The van der Waals surface area contributed by atoms with Gasteiger partial charge in [-0.15, -0.1) is 0 Å². The van der Waals surface area contributed by atoms with Gasteiger partial charge in [-0.2, -0.15) is 5.10 Å². The van der Waals surface area contributed by atoms with E-state index in [-0.39, 0.29) is 5.91 Å². The molecule has 0 spiro atoms. The van der Waals surface area contributed by atoms with Crippen LogP contribution in [0.15, 0.2) is 58.0 Å². The van der Waals surface area contributed by atoms with Crippen molar-refractivity contribution in [1.29, 1.82) is 0 Å². The molecule has 3 rings (SSSR count). The molecule has 0 aliphatic carbocycles. The number of furan rings is 1. The van der Waals surface area contributed by atoms with Gasteiger partial charge in [0.15, 0.2) is 0 Å². The van der Waals surface area contributed by atoms with Gasteiger partial charge >= 0.3 is 0 Å². The SMILES string of the molecule is COc1cc(C)ccc1C(=O)N/N=C\c1ccc(-c2cc(Cl)ccc2Cl)o1. The maximum absolute atomic E-state index is 12.3. The maximum atomic E-state index is 12.3. The molecule has 1 amide bonds. The molecule has 138 valence electrons. The van der Waals surface area contributed by atoms with Gasteiger partial charge in [-0.25, -0.2) is 5.43 Å². The van der Waals surface area contributed by atoms with E-state index in [2.05, 4.69) is 10.5 Å². The first-order valence-electron chi connectivity index (χ1n) is 8.01. The average Bonchev–Trinajstić information content (AvgIpc) is 3.12. The number of hydrogen-bond acceptors (Lipinski definition) is 4. The van der Waals surface area contributed by atoms with Crippen molar-refractivity contribution in [2.75, 3.05) is 7.11 Å². The van der Waals surface area contributed by atoms with Gasteiger partial charge in [-0.1, -0.05) is 29.3 Å². The molecule has 7 heteroatoms. The molecule has 0 unspecified atom stereocenters. The summed E-state index contributed by atoms with van der Waals surface area (Å²) in [7, 11) is 1.51. The summed E-state index contributed by atoms with van der Waals surface area (Å²) in [4.78, 5) is 12.3. The van der Waals surface area contributed by atoms with Crippen LogP contribution in [0.1, 0.15) is 21.7 Å². The number of carbonyl (C=O) groups excluding carboxylic acids is 1. The minimum absolute atomic E-state index is 0.382. The Morgan fingerprint density at radius 1 is 1.15 bits per heavy atom. The summed E-state index contributed by atoms with van der Waals surface area (Å²) in [5.41, 5.74) is 4.52. The predicted octanol–water partition coefficient (Wildman–Crippen LogP) is 5.33. The number of nitrogens with one attached hydrogen (secondary N) is 1. The fourth-order valence-corrected chi connectivity index (χ4v) is 2.84. The smallest absolute Gasteiger partial charge is 0.275 e. The van der Waals surface area contributed by atoms with Crippen molar-refractivity contribution < 1.29 is 13.9 Å². The number of benzene rings is 2. The Labute approximate surface area is 166 Å². The van der Waals surface area contributed by atoms with Crippen molar-refractivity contribution >= 4 is 35.3 Å². The number of carbonyl (C=O) groups is 1. The molecule has 0 aliphatic heterocycles. The average molecular weight is 403 g/mol. The summed E-state index contributed by atoms with van der Waals surface area (Å²) in [6.07, 6.45) is 1.40. The fourth-order valence-electron chi connectivity index (χ4n) is 2.45. The number of hydrazone groups is 1. The van der Waals surface area contributed by atoms with E-state index in [0.717, 1.165) is 5.56 Å². The molecule has 27 heavy (non-hydrogen) atoms. The molecule has 1 aromatic heterocycles. The molecule has 0 aliphatic rings. The highest BCUT2D eigenvalue weighted by atomic mass is 35.5. The Bertz CT molecular complexity index is 1010. The Balaban J connectivity index is 1.72. The molecule has 0 radical (unpaired) electrons. The quantitative estimate of drug-likeness (QED) is 0.462. The Kier molecular flexibility index (Phi) is 5.84. The van der Waals surface area contributed by atoms with Gasteiger partial charge in [-0.05, 0) is 55.0 Å². The molecule has 0 fully saturated rings. The zero-order chi connectivity index (χ0) is 19.4. The summed E-state index contributed by atoms with van der Waals surface area (Å²) in [6, 6.07) is 13.9. The third-order valence-electron chi connectivity index (χ3n) is 3.78. The van der Waals surface area contributed by atoms with Crippen molar-refractivity contribution in [3.8, 4) is 17.1 Å². The summed E-state index contributed by atoms with van der Waals surface area (Å²) in [6.45, 7) is 1.92. The van der Waals surface area contributed by atoms with E-state index in [1.165, 1.54) is 13.3 Å². The van der Waals surface area contributed by atoms with Crippen LogP contribution in [-0.2, 0) is 0 Å². The van der Waals surface area contributed by atoms with Gasteiger partial charge in [0.05, 0.1) is 23.9 Å². The molecule has 3 aromatic rings. The van der Waals surface area contributed by atoms with E-state index in [4.69, 9.17) is 32.4 Å². The van der Waals surface area contributed by atoms with Gasteiger partial charge in [0.2, 0.25) is 0 Å². The van der Waals surface area contributed by atoms with E-state index in [9.17, 15) is 4.79 Å². The number of nitrogens with zero attached hydrogens (tertiary/aromatic N) is 1. The lowest BCUT2D eigenvalue weighted by molar-refractivity contribution is 0.0952. The van der Waals surface area contributed by atoms with Gasteiger partial charge in [0.25, 0.3) is 5.91 Å². The molecule has 0 atom stereocenters. The topological polar surface area (TPSA) is 63.8 Å². The lowest BCUT2D eigenvalue weighted by Crippen LogP contribution is -2.18. The van der Waals surface area contributed by atoms with Crippen LogP contribution < -0.4 is 10.2 Å². The molecular formula is C20H16Cl2N2O3. The lowest BCUT2D eigenvalue weighted by Gasteiger charge is -2.07. The Hall–Kier alpha value is -2.76. The van der Waals surface area contributed by atoms with Gasteiger partial charge in [0.1, 0.15) is 17.3 Å². The zero-order valence-electron chi connectivity index (χ0n) is 14.6. The maximum Gasteiger partial charge on any atom is 0.275 e. The Morgan fingerprint density at radius 3 is 2.74 bits per heavy atom. The van der Waals surface area contributed by atoms with E-state index >= 15 is 0 Å². The van der Waals surface area contributed by atoms with Crippen molar-refractivity contribution in [2.45, 2.75) is 6.92 Å². The number of methoxy groups -OCH3 is 1. The summed E-state index contributed by atoms with van der Waals surface area (Å²) in [5, 5.41) is 5.01. The van der Waals surface area contributed by atoms with E-state index in [0.29, 0.717) is 38.4 Å². The molecule has 0 saturated heterocycles. The fraction of sp³-hybridized carbons (Fsp3) is 0.100. The van der Waals surface area contributed by atoms with Crippen LogP contribution in [0.25, 0.3) is 11.3 Å². The van der Waals surface area contributed by atoms with E-state index in [1.807, 2.05) is 13.0 Å². The predicted molar refractivity (Wildman–Crippen MR) is 107 cm³/mol. The first kappa shape index (κ1) is 19.0. The van der Waals surface area contributed by atoms with Crippen LogP contribution in [0, 0.1) is 6.92 Å². The Morgan fingerprint density at radius 2 is 1.96 bits per heavy atom. The van der Waals surface area contributed by atoms with Gasteiger partial charge in [-0.3, -0.25) is 4.79 Å². The molecule has 5 nitrogen and oxygen atoms in total. The largest absolute Gasteiger partial charge is 0.496 e. The number of amides is 1. The highest BCUT2D eigenvalue weighted by molar-refractivity contribution is 6.35. The van der Waals surface area contributed by atoms with Crippen LogP contribution in [0.4, 0.5) is 0 Å². The molecular weight excluding hydrogens is 387 g/mol. The second-order valence-corrected chi connectivity index (χ2v) is 6.57. The van der Waals surface area contributed by atoms with Crippen molar-refractivity contribution in [3.63, 3.8) is 0 Å². The standard InChI is InChI=1S/C20H16Cl2N2O3/c1-12-3-6-15(19(9-12)26-2)20(25)24-23-11-14-5-8-18(27-14)16-10-13(21)4-7-17(16)22/h3-11H,1-2H3,(H,24,25)/b23-11-. The van der Waals surface area contributed by atoms with Gasteiger partial charge in [0, 0.05) is 10.6 Å². The third kappa shape index (κ3) is 4.51. The highest BCUT2D eigenvalue weighted by Gasteiger charge is 2.12. The number of ether oxygens (including phenoxy) is 1. The second kappa shape index (κ2) is 8.29. The minimum atomic E-state index is -0.382. The molecule has 0 bridgehead atoms. The number of aryl methyl sites for hydroxylation is 1. The monoisotopic (exact) mass is 402 g/mol. The zero-order valence-corrected chi connectivity index (χ0v) is 16.1. The number of rotatable bonds is 5. The molecule has 1 N–H and O–H groups in total. The third-order valence-corrected chi connectivity index (χ3v) is 4.34. The first-order chi connectivity index (χ1) is 13.0. The van der Waals surface area contributed by atoms with Crippen molar-refractivity contribution in [3.05, 3.63) is 75.5 Å². The molecule has 0 saturated carbocycles. The molecule has 2 aromatic carbocycles. The summed E-state index contributed by atoms with van der Waals surface area (Å²) in [5.74, 6) is 1.11.